The van der Waals surface area contributed by atoms with Crippen LogP contribution in [0.25, 0.3) is 0 Å². The van der Waals surface area contributed by atoms with Crippen LogP contribution in [0.4, 0.5) is 0 Å². The molecule has 2 aliphatic rings. The molecule has 5 heteroatoms. The fourth-order valence-electron chi connectivity index (χ4n) is 0.680. The van der Waals surface area contributed by atoms with Crippen LogP contribution in [0.3, 0.4) is 0 Å². The van der Waals surface area contributed by atoms with Crippen LogP contribution in [0.1, 0.15) is 12.8 Å². The Labute approximate surface area is 116 Å². The van der Waals surface area contributed by atoms with Crippen molar-refractivity contribution in [3.63, 3.8) is 0 Å². The van der Waals surface area contributed by atoms with E-state index in [2.05, 4.69) is 24.3 Å². The molecule has 2 rings (SSSR count). The molecule has 4 nitrogen and oxygen atoms in total. The van der Waals surface area contributed by atoms with Crippen LogP contribution in [0.5, 0.6) is 0 Å². The summed E-state index contributed by atoms with van der Waals surface area (Å²) in [6.45, 7) is -0.500. The van der Waals surface area contributed by atoms with Crippen molar-refractivity contribution in [1.29, 1.82) is 0 Å². The Morgan fingerprint density at radius 2 is 1.18 bits per heavy atom. The summed E-state index contributed by atoms with van der Waals surface area (Å²) in [5, 5.41) is 13.8. The van der Waals surface area contributed by atoms with Crippen molar-refractivity contribution in [2.45, 2.75) is 12.8 Å². The summed E-state index contributed by atoms with van der Waals surface area (Å²) >= 11 is 0. The number of carboxylic acid groups (broad SMARTS) is 2. The molecular weight excluding hydrogens is 256 g/mol. The molecule has 0 bridgehead atoms. The number of allylic oxidation sites excluding steroid dienone is 8. The van der Waals surface area contributed by atoms with E-state index in [0.717, 1.165) is 12.8 Å². The van der Waals surface area contributed by atoms with Gasteiger partial charge in [-0.2, -0.15) is 12.2 Å². The van der Waals surface area contributed by atoms with Crippen molar-refractivity contribution in [3.05, 3.63) is 48.6 Å². The van der Waals surface area contributed by atoms with Crippen molar-refractivity contribution in [3.8, 4) is 0 Å². The first-order chi connectivity index (χ1) is 7.83. The van der Waals surface area contributed by atoms with Crippen LogP contribution in [0.2, 0.25) is 0 Å². The fraction of sp³-hybridized carbons (Fsp3) is 0.167. The largest absolute Gasteiger partial charge is 2.00 e. The van der Waals surface area contributed by atoms with Crippen LogP contribution in [0, 0.1) is 12.2 Å². The van der Waals surface area contributed by atoms with E-state index in [-0.39, 0.29) is 34.7 Å². The van der Waals surface area contributed by atoms with Gasteiger partial charge in [-0.3, -0.25) is 21.7 Å². The van der Waals surface area contributed by atoms with Crippen LogP contribution >= 0.6 is 0 Å². The van der Waals surface area contributed by atoms with Gasteiger partial charge in [0, 0.05) is 0 Å². The second-order valence-electron chi connectivity index (χ2n) is 2.22. The summed E-state index contributed by atoms with van der Waals surface area (Å²) in [6.07, 6.45) is 20.0. The number of rotatable bonds is 0. The van der Waals surface area contributed by atoms with Gasteiger partial charge < -0.3 is 10.2 Å². The summed E-state index contributed by atoms with van der Waals surface area (Å²) in [5.41, 5.74) is 0. The zero-order valence-corrected chi connectivity index (χ0v) is 10.8. The fourth-order valence-corrected chi connectivity index (χ4v) is 0.680. The first-order valence-corrected chi connectivity index (χ1v) is 4.42. The van der Waals surface area contributed by atoms with Crippen LogP contribution in [-0.2, 0) is 31.3 Å². The molecule has 90 valence electrons. The Morgan fingerprint density at radius 3 is 1.24 bits per heavy atom. The van der Waals surface area contributed by atoms with Crippen molar-refractivity contribution in [2.75, 3.05) is 0 Å². The normalized spacial score (nSPS) is 11.8. The van der Waals surface area contributed by atoms with Crippen LogP contribution in [0.15, 0.2) is 36.5 Å². The minimum Gasteiger partial charge on any atom is -0.483 e. The zero-order chi connectivity index (χ0) is 12.5. The quantitative estimate of drug-likeness (QED) is 0.401. The van der Waals surface area contributed by atoms with Crippen molar-refractivity contribution >= 4 is 12.9 Å². The Balaban J connectivity index is -0.000000157. The number of hydrogen-bond donors (Lipinski definition) is 2. The van der Waals surface area contributed by atoms with E-state index >= 15 is 0 Å². The molecule has 17 heavy (non-hydrogen) atoms. The molecular formula is C12H14O4Ti. The maximum atomic E-state index is 8.36. The van der Waals surface area contributed by atoms with E-state index in [1.54, 1.807) is 0 Å². The topological polar surface area (TPSA) is 74.6 Å². The molecule has 0 radical (unpaired) electrons. The maximum Gasteiger partial charge on any atom is 2.00 e. The van der Waals surface area contributed by atoms with Gasteiger partial charge in [0.2, 0.25) is 0 Å². The van der Waals surface area contributed by atoms with Gasteiger partial charge in [-0.05, 0) is 0 Å². The summed E-state index contributed by atoms with van der Waals surface area (Å²) in [4.78, 5) is 16.7. The van der Waals surface area contributed by atoms with E-state index in [0.29, 0.717) is 0 Å². The molecule has 0 heterocycles. The van der Waals surface area contributed by atoms with Crippen molar-refractivity contribution in [2.24, 2.45) is 0 Å². The monoisotopic (exact) mass is 270 g/mol. The molecule has 0 aromatic rings. The Bertz CT molecular complexity index is 220. The minimum atomic E-state index is -0.250. The Hall–Kier alpha value is -1.39. The Morgan fingerprint density at radius 1 is 0.882 bits per heavy atom. The zero-order valence-electron chi connectivity index (χ0n) is 9.24. The summed E-state index contributed by atoms with van der Waals surface area (Å²) < 4.78 is 0. The third-order valence-electron chi connectivity index (χ3n) is 1.17. The van der Waals surface area contributed by atoms with Gasteiger partial charge in [-0.1, -0.05) is 0 Å². The third kappa shape index (κ3) is 31.3. The van der Waals surface area contributed by atoms with E-state index < -0.39 is 0 Å². The molecule has 0 unspecified atom stereocenters. The third-order valence-corrected chi connectivity index (χ3v) is 1.17. The molecule has 0 spiro atoms. The predicted molar refractivity (Wildman–Crippen MR) is 60.5 cm³/mol. The van der Waals surface area contributed by atoms with Gasteiger partial charge in [-0.25, -0.2) is 24.3 Å². The molecule has 2 aliphatic carbocycles. The molecule has 0 amide bonds. The number of carbonyl (C=O) groups is 2. The van der Waals surface area contributed by atoms with Gasteiger partial charge >= 0.3 is 21.7 Å². The molecule has 0 aliphatic heterocycles. The van der Waals surface area contributed by atoms with Gasteiger partial charge in [0.05, 0.1) is 0 Å². The second-order valence-corrected chi connectivity index (χ2v) is 2.22. The second kappa shape index (κ2) is 24.0. The van der Waals surface area contributed by atoms with Crippen molar-refractivity contribution < 1.29 is 41.5 Å². The van der Waals surface area contributed by atoms with E-state index in [9.17, 15) is 0 Å². The predicted octanol–water partition coefficient (Wildman–Crippen LogP) is 2.01. The van der Waals surface area contributed by atoms with Crippen LogP contribution in [-0.4, -0.2) is 23.2 Å². The maximum absolute atomic E-state index is 8.36. The van der Waals surface area contributed by atoms with E-state index in [4.69, 9.17) is 19.8 Å². The molecule has 2 N–H and O–H groups in total. The minimum absolute atomic E-state index is 0. The first-order valence-electron chi connectivity index (χ1n) is 4.42. The van der Waals surface area contributed by atoms with Gasteiger partial charge in [0.25, 0.3) is 12.9 Å². The molecule has 0 atom stereocenters. The van der Waals surface area contributed by atoms with E-state index in [1.807, 2.05) is 24.3 Å². The van der Waals surface area contributed by atoms with Crippen molar-refractivity contribution in [1.82, 2.24) is 0 Å². The molecule has 0 saturated carbocycles. The van der Waals surface area contributed by atoms with Crippen LogP contribution < -0.4 is 0 Å². The SMILES string of the molecule is O=CO.O=CO.[C-]1=CC=CC1.[C-]1=CC=CC1.[Ti+2]. The summed E-state index contributed by atoms with van der Waals surface area (Å²) in [5.74, 6) is 0. The van der Waals surface area contributed by atoms with Gasteiger partial charge in [-0.15, -0.1) is 12.8 Å². The Kier molecular flexibility index (Phi) is 29.6. The molecule has 0 aromatic heterocycles. The summed E-state index contributed by atoms with van der Waals surface area (Å²) in [7, 11) is 0. The number of hydrogen-bond acceptors (Lipinski definition) is 2. The molecule has 0 saturated heterocycles. The average Bonchev–Trinajstić information content (AvgIpc) is 3.00. The summed E-state index contributed by atoms with van der Waals surface area (Å²) in [6, 6.07) is 0. The van der Waals surface area contributed by atoms with Gasteiger partial charge in [0.1, 0.15) is 0 Å². The average molecular weight is 270 g/mol. The van der Waals surface area contributed by atoms with E-state index in [1.165, 1.54) is 0 Å². The smallest absolute Gasteiger partial charge is 0.483 e. The molecule has 0 fully saturated rings. The standard InChI is InChI=1S/2C5H5.2CH2O2.Ti/c2*1-2-4-5-3-1;2*2-1-3;/h2*1-3H,4H2;2*1H,(H,2,3);/q2*-1;;;+2. The van der Waals surface area contributed by atoms with Gasteiger partial charge in [0.15, 0.2) is 0 Å². The molecule has 0 aromatic carbocycles. The first kappa shape index (κ1) is 21.0.